The molecule has 2 rings (SSSR count). The Morgan fingerprint density at radius 2 is 2.00 bits per heavy atom. The number of hydrogen-bond donors (Lipinski definition) is 1. The standard InChI is InChI=1S/C15H21Cl2NO2S/c1-3-18-13-7-4-10(2)8-15(13)21(19,20)14-9-11(16)5-6-12(14)17/h5-6,9-10,13,15,18H,3-4,7-8H2,1-2H3. The summed E-state index contributed by atoms with van der Waals surface area (Å²) in [4.78, 5) is 0.152. The SMILES string of the molecule is CCNC1CCC(C)CC1S(=O)(=O)c1cc(Cl)ccc1Cl. The molecule has 1 aromatic carbocycles. The van der Waals surface area contributed by atoms with E-state index in [-0.39, 0.29) is 16.0 Å². The van der Waals surface area contributed by atoms with E-state index in [0.29, 0.717) is 17.4 Å². The van der Waals surface area contributed by atoms with E-state index in [1.165, 1.54) is 6.07 Å². The van der Waals surface area contributed by atoms with Gasteiger partial charge in [-0.05, 0) is 49.9 Å². The van der Waals surface area contributed by atoms with E-state index in [1.807, 2.05) is 6.92 Å². The van der Waals surface area contributed by atoms with Crippen molar-refractivity contribution in [3.05, 3.63) is 28.2 Å². The minimum atomic E-state index is -3.50. The Bertz CT molecular complexity index is 604. The van der Waals surface area contributed by atoms with Gasteiger partial charge in [0.25, 0.3) is 0 Å². The summed E-state index contributed by atoms with van der Waals surface area (Å²) in [5.74, 6) is 0.401. The van der Waals surface area contributed by atoms with Gasteiger partial charge in [-0.3, -0.25) is 0 Å². The third-order valence-electron chi connectivity index (χ3n) is 4.12. The van der Waals surface area contributed by atoms with Crippen LogP contribution in [0, 0.1) is 5.92 Å². The van der Waals surface area contributed by atoms with Crippen LogP contribution in [0.3, 0.4) is 0 Å². The van der Waals surface area contributed by atoms with Gasteiger partial charge in [-0.15, -0.1) is 0 Å². The summed E-state index contributed by atoms with van der Waals surface area (Å²) in [6.45, 7) is 4.85. The molecule has 3 nitrogen and oxygen atoms in total. The Labute approximate surface area is 136 Å². The molecule has 0 aromatic heterocycles. The summed E-state index contributed by atoms with van der Waals surface area (Å²) >= 11 is 12.1. The molecule has 0 saturated heterocycles. The lowest BCUT2D eigenvalue weighted by molar-refractivity contribution is 0.311. The number of sulfone groups is 1. The Balaban J connectivity index is 2.42. The lowest BCUT2D eigenvalue weighted by Gasteiger charge is -2.35. The van der Waals surface area contributed by atoms with Crippen LogP contribution in [0.2, 0.25) is 10.0 Å². The van der Waals surface area contributed by atoms with E-state index in [9.17, 15) is 8.42 Å². The number of hydrogen-bond acceptors (Lipinski definition) is 3. The molecule has 1 saturated carbocycles. The highest BCUT2D eigenvalue weighted by Crippen LogP contribution is 2.35. The second-order valence-electron chi connectivity index (χ2n) is 5.74. The first-order valence-corrected chi connectivity index (χ1v) is 9.58. The van der Waals surface area contributed by atoms with Crippen molar-refractivity contribution >= 4 is 33.0 Å². The molecule has 0 bridgehead atoms. The van der Waals surface area contributed by atoms with Gasteiger partial charge in [0.1, 0.15) is 0 Å². The molecule has 0 spiro atoms. The summed E-state index contributed by atoms with van der Waals surface area (Å²) in [6, 6.07) is 4.59. The molecule has 1 aromatic rings. The van der Waals surface area contributed by atoms with Gasteiger partial charge in [0.05, 0.1) is 15.2 Å². The topological polar surface area (TPSA) is 46.2 Å². The molecule has 0 heterocycles. The molecular formula is C15H21Cl2NO2S. The fraction of sp³-hybridized carbons (Fsp3) is 0.600. The molecule has 3 unspecified atom stereocenters. The third kappa shape index (κ3) is 3.73. The van der Waals surface area contributed by atoms with Crippen molar-refractivity contribution < 1.29 is 8.42 Å². The Kier molecular flexibility index (Phi) is 5.58. The monoisotopic (exact) mass is 349 g/mol. The molecule has 0 aliphatic heterocycles. The van der Waals surface area contributed by atoms with Gasteiger partial charge in [0.15, 0.2) is 9.84 Å². The first-order valence-electron chi connectivity index (χ1n) is 7.28. The predicted molar refractivity (Wildman–Crippen MR) is 87.9 cm³/mol. The molecule has 1 N–H and O–H groups in total. The number of halogens is 2. The van der Waals surface area contributed by atoms with Crippen LogP contribution in [-0.4, -0.2) is 26.3 Å². The predicted octanol–water partition coefficient (Wildman–Crippen LogP) is 3.93. The molecule has 21 heavy (non-hydrogen) atoms. The Morgan fingerprint density at radius 3 is 2.67 bits per heavy atom. The van der Waals surface area contributed by atoms with Gasteiger partial charge in [-0.25, -0.2) is 8.42 Å². The zero-order valence-electron chi connectivity index (χ0n) is 12.3. The van der Waals surface area contributed by atoms with Crippen LogP contribution < -0.4 is 5.32 Å². The molecule has 3 atom stereocenters. The van der Waals surface area contributed by atoms with E-state index >= 15 is 0 Å². The molecular weight excluding hydrogens is 329 g/mol. The third-order valence-corrected chi connectivity index (χ3v) is 7.06. The average molecular weight is 350 g/mol. The first kappa shape index (κ1) is 17.1. The molecule has 0 radical (unpaired) electrons. The number of nitrogens with one attached hydrogen (secondary N) is 1. The van der Waals surface area contributed by atoms with E-state index < -0.39 is 15.1 Å². The fourth-order valence-electron chi connectivity index (χ4n) is 3.03. The molecule has 1 aliphatic carbocycles. The molecule has 1 aliphatic rings. The van der Waals surface area contributed by atoms with Crippen molar-refractivity contribution in [1.29, 1.82) is 0 Å². The highest BCUT2D eigenvalue weighted by Gasteiger charge is 2.39. The highest BCUT2D eigenvalue weighted by molar-refractivity contribution is 7.92. The van der Waals surface area contributed by atoms with Crippen LogP contribution in [0.25, 0.3) is 0 Å². The lowest BCUT2D eigenvalue weighted by atomic mass is 9.87. The van der Waals surface area contributed by atoms with Crippen LogP contribution in [0.4, 0.5) is 0 Å². The zero-order chi connectivity index (χ0) is 15.6. The largest absolute Gasteiger partial charge is 0.313 e. The van der Waals surface area contributed by atoms with Gasteiger partial charge >= 0.3 is 0 Å². The lowest BCUT2D eigenvalue weighted by Crippen LogP contribution is -2.47. The van der Waals surface area contributed by atoms with E-state index in [0.717, 1.165) is 19.4 Å². The van der Waals surface area contributed by atoms with Crippen LogP contribution in [0.15, 0.2) is 23.1 Å². The van der Waals surface area contributed by atoms with Crippen molar-refractivity contribution in [2.75, 3.05) is 6.54 Å². The molecule has 1 fully saturated rings. The van der Waals surface area contributed by atoms with E-state index in [2.05, 4.69) is 12.2 Å². The Morgan fingerprint density at radius 1 is 1.29 bits per heavy atom. The maximum atomic E-state index is 13.0. The van der Waals surface area contributed by atoms with Gasteiger partial charge in [-0.1, -0.05) is 37.0 Å². The Hall–Kier alpha value is -0.290. The van der Waals surface area contributed by atoms with Crippen molar-refractivity contribution in [3.8, 4) is 0 Å². The second-order valence-corrected chi connectivity index (χ2v) is 8.72. The van der Waals surface area contributed by atoms with Crippen molar-refractivity contribution in [2.45, 2.75) is 49.3 Å². The normalized spacial score (nSPS) is 26.8. The van der Waals surface area contributed by atoms with Crippen molar-refractivity contribution in [2.24, 2.45) is 5.92 Å². The van der Waals surface area contributed by atoms with E-state index in [4.69, 9.17) is 23.2 Å². The second kappa shape index (κ2) is 6.86. The van der Waals surface area contributed by atoms with Crippen molar-refractivity contribution in [3.63, 3.8) is 0 Å². The van der Waals surface area contributed by atoms with Gasteiger partial charge < -0.3 is 5.32 Å². The summed E-state index contributed by atoms with van der Waals surface area (Å²) in [6.07, 6.45) is 2.58. The fourth-order valence-corrected chi connectivity index (χ4v) is 5.91. The minimum absolute atomic E-state index is 0.0220. The number of benzene rings is 1. The zero-order valence-corrected chi connectivity index (χ0v) is 14.6. The summed E-state index contributed by atoms with van der Waals surface area (Å²) in [7, 11) is -3.50. The van der Waals surface area contributed by atoms with Gasteiger partial charge in [0.2, 0.25) is 0 Å². The highest BCUT2D eigenvalue weighted by atomic mass is 35.5. The first-order chi connectivity index (χ1) is 9.86. The maximum absolute atomic E-state index is 13.0. The summed E-state index contributed by atoms with van der Waals surface area (Å²) in [5, 5.41) is 3.50. The quantitative estimate of drug-likeness (QED) is 0.895. The van der Waals surface area contributed by atoms with Crippen LogP contribution in [0.5, 0.6) is 0 Å². The van der Waals surface area contributed by atoms with Gasteiger partial charge in [0, 0.05) is 11.1 Å². The van der Waals surface area contributed by atoms with Crippen LogP contribution in [-0.2, 0) is 9.84 Å². The average Bonchev–Trinajstić information content (AvgIpc) is 2.43. The number of rotatable bonds is 4. The smallest absolute Gasteiger partial charge is 0.184 e. The van der Waals surface area contributed by atoms with Crippen LogP contribution >= 0.6 is 23.2 Å². The molecule has 6 heteroatoms. The van der Waals surface area contributed by atoms with Gasteiger partial charge in [-0.2, -0.15) is 0 Å². The van der Waals surface area contributed by atoms with Crippen molar-refractivity contribution in [1.82, 2.24) is 5.32 Å². The molecule has 0 amide bonds. The summed E-state index contributed by atoms with van der Waals surface area (Å²) in [5.41, 5.74) is 0. The van der Waals surface area contributed by atoms with E-state index in [1.54, 1.807) is 12.1 Å². The van der Waals surface area contributed by atoms with Crippen LogP contribution in [0.1, 0.15) is 33.1 Å². The molecule has 118 valence electrons. The maximum Gasteiger partial charge on any atom is 0.184 e. The summed E-state index contributed by atoms with van der Waals surface area (Å²) < 4.78 is 26.0. The minimum Gasteiger partial charge on any atom is -0.313 e.